The molecule has 11 nitrogen and oxygen atoms in total. The minimum Gasteiger partial charge on any atom is -0.506 e. The highest BCUT2D eigenvalue weighted by atomic mass is 19.4. The smallest absolute Gasteiger partial charge is 0.421 e. The second-order valence-corrected chi connectivity index (χ2v) is 11.7. The van der Waals surface area contributed by atoms with E-state index in [0.29, 0.717) is 55.7 Å². The maximum absolute atomic E-state index is 13.9. The normalized spacial score (nSPS) is 16.1. The number of nitrogens with one attached hydrogen (secondary N) is 3. The van der Waals surface area contributed by atoms with E-state index in [0.717, 1.165) is 5.69 Å². The van der Waals surface area contributed by atoms with Crippen LogP contribution in [0.5, 0.6) is 5.75 Å². The Balaban J connectivity index is 1.31. The Morgan fingerprint density at radius 3 is 2.52 bits per heavy atom. The SMILES string of the molecule is CN(C)CC(=O)N1CCN(c2ccc(Nc3ncc(C(F)(F)F)c(NCc4cccc5c4C(C)(C)C(=O)N5)n3)c(O)c2)CC1. The van der Waals surface area contributed by atoms with Gasteiger partial charge < -0.3 is 35.8 Å². The van der Waals surface area contributed by atoms with E-state index in [9.17, 15) is 27.9 Å². The van der Waals surface area contributed by atoms with E-state index in [4.69, 9.17) is 0 Å². The van der Waals surface area contributed by atoms with Crippen LogP contribution in [0.15, 0.2) is 42.6 Å². The number of carbonyl (C=O) groups excluding carboxylic acids is 2. The largest absolute Gasteiger partial charge is 0.506 e. The number of benzene rings is 2. The van der Waals surface area contributed by atoms with E-state index >= 15 is 0 Å². The van der Waals surface area contributed by atoms with Crippen LogP contribution in [-0.4, -0.2) is 83.5 Å². The molecule has 0 spiro atoms. The first-order valence-electron chi connectivity index (χ1n) is 14.1. The number of anilines is 5. The van der Waals surface area contributed by atoms with Crippen molar-refractivity contribution < 1.29 is 27.9 Å². The third-order valence-electron chi connectivity index (χ3n) is 7.81. The molecule has 14 heteroatoms. The Morgan fingerprint density at radius 1 is 1.14 bits per heavy atom. The Kier molecular flexibility index (Phi) is 8.30. The second kappa shape index (κ2) is 11.8. The lowest BCUT2D eigenvalue weighted by Gasteiger charge is -2.36. The average Bonchev–Trinajstić information content (AvgIpc) is 3.20. The first-order valence-corrected chi connectivity index (χ1v) is 14.1. The number of nitrogens with zero attached hydrogens (tertiary/aromatic N) is 5. The van der Waals surface area contributed by atoms with Gasteiger partial charge in [0.2, 0.25) is 17.8 Å². The van der Waals surface area contributed by atoms with Gasteiger partial charge in [0.05, 0.1) is 17.6 Å². The van der Waals surface area contributed by atoms with Crippen LogP contribution in [-0.2, 0) is 27.7 Å². The number of likely N-dealkylation sites (N-methyl/N-ethyl adjacent to an activating group) is 1. The number of alkyl halides is 3. The Labute approximate surface area is 253 Å². The van der Waals surface area contributed by atoms with Crippen LogP contribution < -0.4 is 20.9 Å². The molecular weight excluding hydrogens is 577 g/mol. The fraction of sp³-hybridized carbons (Fsp3) is 0.400. The van der Waals surface area contributed by atoms with Crippen LogP contribution in [0.3, 0.4) is 0 Å². The number of halogens is 3. The number of fused-ring (bicyclic) bond motifs is 1. The first kappa shape index (κ1) is 30.9. The fourth-order valence-electron chi connectivity index (χ4n) is 5.47. The van der Waals surface area contributed by atoms with Crippen LogP contribution in [0, 0.1) is 0 Å². The van der Waals surface area contributed by atoms with Crippen LogP contribution in [0.25, 0.3) is 0 Å². The number of hydrogen-bond acceptors (Lipinski definition) is 9. The van der Waals surface area contributed by atoms with Crippen molar-refractivity contribution in [3.63, 3.8) is 0 Å². The van der Waals surface area contributed by atoms with Crippen molar-refractivity contribution in [1.82, 2.24) is 19.8 Å². The Bertz CT molecular complexity index is 1570. The number of aromatic nitrogens is 2. The predicted octanol–water partition coefficient (Wildman–Crippen LogP) is 4.00. The third-order valence-corrected chi connectivity index (χ3v) is 7.81. The predicted molar refractivity (Wildman–Crippen MR) is 161 cm³/mol. The van der Waals surface area contributed by atoms with E-state index in [1.807, 2.05) is 28.8 Å². The van der Waals surface area contributed by atoms with Gasteiger partial charge in [-0.1, -0.05) is 12.1 Å². The molecule has 0 saturated carbocycles. The van der Waals surface area contributed by atoms with Gasteiger partial charge in [-0.3, -0.25) is 9.59 Å². The quantitative estimate of drug-likeness (QED) is 0.280. The van der Waals surface area contributed by atoms with Crippen LogP contribution in [0.2, 0.25) is 0 Å². The number of carbonyl (C=O) groups is 2. The molecule has 44 heavy (non-hydrogen) atoms. The number of aromatic hydroxyl groups is 1. The van der Waals surface area contributed by atoms with E-state index in [-0.39, 0.29) is 35.7 Å². The molecule has 234 valence electrons. The van der Waals surface area contributed by atoms with E-state index in [1.165, 1.54) is 0 Å². The zero-order chi connectivity index (χ0) is 31.8. The van der Waals surface area contributed by atoms with E-state index in [1.54, 1.807) is 50.2 Å². The van der Waals surface area contributed by atoms with Crippen molar-refractivity contribution in [2.75, 3.05) is 67.7 Å². The van der Waals surface area contributed by atoms with Crippen molar-refractivity contribution in [3.05, 3.63) is 59.3 Å². The van der Waals surface area contributed by atoms with Gasteiger partial charge >= 0.3 is 6.18 Å². The lowest BCUT2D eigenvalue weighted by molar-refractivity contribution is -0.137. The molecule has 1 fully saturated rings. The van der Waals surface area contributed by atoms with Crippen molar-refractivity contribution in [2.24, 2.45) is 0 Å². The molecule has 3 aromatic rings. The van der Waals surface area contributed by atoms with Crippen molar-refractivity contribution in [1.29, 1.82) is 0 Å². The van der Waals surface area contributed by atoms with Crippen molar-refractivity contribution >= 4 is 40.6 Å². The second-order valence-electron chi connectivity index (χ2n) is 11.7. The molecule has 2 aliphatic rings. The standard InChI is InChI=1S/C30H35F3N8O3/c1-29(2)25-18(6-5-7-22(25)36-27(29)44)15-34-26-20(30(31,32)33)16-35-28(38-26)37-21-9-8-19(14-23(21)42)40-10-12-41(13-11-40)24(43)17-39(3)4/h5-9,14,16,42H,10-13,15,17H2,1-4H3,(H,36,44)(H2,34,35,37,38). The first-order chi connectivity index (χ1) is 20.7. The molecule has 0 radical (unpaired) electrons. The summed E-state index contributed by atoms with van der Waals surface area (Å²) in [6, 6.07) is 10.2. The number of hydrogen-bond donors (Lipinski definition) is 4. The van der Waals surface area contributed by atoms with Gasteiger partial charge in [-0.25, -0.2) is 4.98 Å². The van der Waals surface area contributed by atoms with Gasteiger partial charge in [0.1, 0.15) is 17.1 Å². The maximum atomic E-state index is 13.9. The number of rotatable bonds is 8. The highest BCUT2D eigenvalue weighted by Gasteiger charge is 2.40. The van der Waals surface area contributed by atoms with Gasteiger partial charge in [0, 0.05) is 56.4 Å². The monoisotopic (exact) mass is 612 g/mol. The summed E-state index contributed by atoms with van der Waals surface area (Å²) in [6.07, 6.45) is -4.04. The van der Waals surface area contributed by atoms with Crippen LogP contribution in [0.1, 0.15) is 30.5 Å². The summed E-state index contributed by atoms with van der Waals surface area (Å²) in [5.74, 6) is -0.850. The molecule has 0 bridgehead atoms. The maximum Gasteiger partial charge on any atom is 0.421 e. The van der Waals surface area contributed by atoms with Gasteiger partial charge in [0.25, 0.3) is 0 Å². The number of piperazine rings is 1. The van der Waals surface area contributed by atoms with Gasteiger partial charge in [-0.15, -0.1) is 0 Å². The highest BCUT2D eigenvalue weighted by Crippen LogP contribution is 2.40. The summed E-state index contributed by atoms with van der Waals surface area (Å²) in [5.41, 5.74) is 1.06. The Hall–Kier alpha value is -4.59. The molecule has 2 aromatic carbocycles. The van der Waals surface area contributed by atoms with E-state index < -0.39 is 23.0 Å². The Morgan fingerprint density at radius 2 is 1.86 bits per heavy atom. The zero-order valence-corrected chi connectivity index (χ0v) is 24.9. The minimum absolute atomic E-state index is 0.0188. The summed E-state index contributed by atoms with van der Waals surface area (Å²) >= 11 is 0. The molecule has 0 unspecified atom stereocenters. The van der Waals surface area contributed by atoms with Crippen LogP contribution >= 0.6 is 0 Å². The molecule has 5 rings (SSSR count). The fourth-order valence-corrected chi connectivity index (χ4v) is 5.47. The summed E-state index contributed by atoms with van der Waals surface area (Å²) in [6.45, 7) is 6.14. The highest BCUT2D eigenvalue weighted by molar-refractivity contribution is 6.06. The van der Waals surface area contributed by atoms with E-state index in [2.05, 4.69) is 25.9 Å². The van der Waals surface area contributed by atoms with Gasteiger partial charge in [-0.2, -0.15) is 18.2 Å². The molecule has 2 amide bonds. The molecule has 3 heterocycles. The summed E-state index contributed by atoms with van der Waals surface area (Å²) in [7, 11) is 3.69. The van der Waals surface area contributed by atoms with Gasteiger partial charge in [0.15, 0.2) is 0 Å². The molecule has 0 aliphatic carbocycles. The minimum atomic E-state index is -4.72. The zero-order valence-electron chi connectivity index (χ0n) is 24.9. The summed E-state index contributed by atoms with van der Waals surface area (Å²) in [5, 5.41) is 19.2. The molecule has 1 aromatic heterocycles. The average molecular weight is 613 g/mol. The lowest BCUT2D eigenvalue weighted by Crippen LogP contribution is -2.50. The van der Waals surface area contributed by atoms with Crippen molar-refractivity contribution in [3.8, 4) is 5.75 Å². The van der Waals surface area contributed by atoms with Crippen LogP contribution in [0.4, 0.5) is 42.0 Å². The number of phenols is 1. The van der Waals surface area contributed by atoms with Crippen molar-refractivity contribution in [2.45, 2.75) is 32.0 Å². The molecule has 0 atom stereocenters. The number of amides is 2. The summed E-state index contributed by atoms with van der Waals surface area (Å²) < 4.78 is 41.6. The third kappa shape index (κ3) is 6.34. The summed E-state index contributed by atoms with van der Waals surface area (Å²) in [4.78, 5) is 38.4. The lowest BCUT2D eigenvalue weighted by atomic mass is 9.83. The topological polar surface area (TPSA) is 126 Å². The number of phenolic OH excluding ortho intramolecular Hbond substituents is 1. The van der Waals surface area contributed by atoms with Gasteiger partial charge in [-0.05, 0) is 57.3 Å². The molecular formula is C30H35F3N8O3. The molecule has 1 saturated heterocycles. The molecule has 4 N–H and O–H groups in total. The molecule has 2 aliphatic heterocycles.